The number of carbonyl (C=O) groups excluding carboxylic acids is 2. The molecule has 0 aromatic heterocycles. The maximum atomic E-state index is 14.8. The highest BCUT2D eigenvalue weighted by Crippen LogP contribution is 2.68. The number of carboxylic acids is 1. The lowest BCUT2D eigenvalue weighted by molar-refractivity contribution is -0.397. The zero-order chi connectivity index (χ0) is 45.9. The highest BCUT2D eigenvalue weighted by atomic mass is 16.8. The minimum absolute atomic E-state index is 0.0270. The Hall–Kier alpha value is -2.91. The topological polar surface area (TPSA) is 182 Å². The van der Waals surface area contributed by atoms with Crippen LogP contribution in [0.4, 0.5) is 10.5 Å². The molecular formula is C50H76N2O11. The number of aliphatic hydroxyl groups excluding tert-OH is 1. The van der Waals surface area contributed by atoms with E-state index < -0.39 is 94.0 Å². The second-order valence-corrected chi connectivity index (χ2v) is 20.9. The van der Waals surface area contributed by atoms with Crippen molar-refractivity contribution in [3.05, 3.63) is 42.5 Å². The standard InChI is InChI=1S/C50H76N2O11/c1-11-35(43(55)56)37-20-19-30(5)48(60-37)28-45(48,9)42(54)32(7)40(53)36(12-2)41-29(4)27-31(6)49(61-41)24-21-38(52-44(57)51-34-17-15-14-16-18-34)50(63-49)26-25-46(10,62-50)39-22-23-47(58,13-3)33(8)59-39/h14-18,21,24,29-33,35-39,41-42,54,58H,11-13,19-20,22-23,25-28H2,1-10H3,(H,55,56)(H2,51,52,57)/t29-,30-,31+,32+,33-,35+,36?,37+,38?,39+,41-,42+,45?,46-,47+,48+,49-,50-/m0/s1. The second kappa shape index (κ2) is 17.7. The molecule has 0 radical (unpaired) electrons. The van der Waals surface area contributed by atoms with Gasteiger partial charge in [0.15, 0.2) is 11.6 Å². The van der Waals surface area contributed by atoms with Crippen LogP contribution in [0.15, 0.2) is 42.5 Å². The van der Waals surface area contributed by atoms with Gasteiger partial charge in [-0.2, -0.15) is 0 Å². The van der Waals surface area contributed by atoms with E-state index in [1.165, 1.54) is 0 Å². The van der Waals surface area contributed by atoms with Gasteiger partial charge in [-0.3, -0.25) is 9.59 Å². The summed E-state index contributed by atoms with van der Waals surface area (Å²) >= 11 is 0. The number of Topliss-reactive ketones (excluding diaryl/α,β-unsaturated/α-hetero) is 1. The quantitative estimate of drug-likeness (QED) is 0.121. The average Bonchev–Trinajstić information content (AvgIpc) is 3.71. The average molecular weight is 881 g/mol. The first-order chi connectivity index (χ1) is 29.7. The molecule has 1 aromatic carbocycles. The number of aliphatic carboxylic acids is 1. The Balaban J connectivity index is 1.13. The van der Waals surface area contributed by atoms with Crippen LogP contribution in [0.5, 0.6) is 0 Å². The van der Waals surface area contributed by atoms with Gasteiger partial charge >= 0.3 is 12.0 Å². The molecule has 63 heavy (non-hydrogen) atoms. The van der Waals surface area contributed by atoms with Crippen LogP contribution in [0.1, 0.15) is 140 Å². The van der Waals surface area contributed by atoms with Crippen LogP contribution in [0.2, 0.25) is 0 Å². The third-order valence-corrected chi connectivity index (χ3v) is 17.1. The number of hydrogen-bond acceptors (Lipinski definition) is 10. The molecule has 5 heterocycles. The van der Waals surface area contributed by atoms with E-state index in [1.54, 1.807) is 6.92 Å². The molecule has 5 N–H and O–H groups in total. The number of rotatable bonds is 13. The van der Waals surface area contributed by atoms with Gasteiger partial charge in [-0.25, -0.2) is 4.79 Å². The van der Waals surface area contributed by atoms with E-state index in [2.05, 4.69) is 31.4 Å². The summed E-state index contributed by atoms with van der Waals surface area (Å²) in [4.78, 5) is 40.6. The number of benzene rings is 1. The molecule has 13 heteroatoms. The molecule has 2 amide bonds. The fourth-order valence-electron chi connectivity index (χ4n) is 12.6. The van der Waals surface area contributed by atoms with Crippen molar-refractivity contribution < 1.29 is 53.4 Å². The van der Waals surface area contributed by atoms with Crippen LogP contribution in [0.3, 0.4) is 0 Å². The number of para-hydroxylation sites is 1. The van der Waals surface area contributed by atoms with Crippen molar-refractivity contribution >= 4 is 23.5 Å². The van der Waals surface area contributed by atoms with Crippen molar-refractivity contribution in [3.63, 3.8) is 0 Å². The molecular weight excluding hydrogens is 805 g/mol. The number of amides is 2. The van der Waals surface area contributed by atoms with Gasteiger partial charge in [0.1, 0.15) is 11.8 Å². The number of aliphatic hydroxyl groups is 2. The fraction of sp³-hybridized carbons (Fsp3) is 0.780. The lowest BCUT2D eigenvalue weighted by Crippen LogP contribution is -2.66. The number of urea groups is 1. The van der Waals surface area contributed by atoms with E-state index in [-0.39, 0.29) is 29.6 Å². The predicted molar refractivity (Wildman–Crippen MR) is 238 cm³/mol. The summed E-state index contributed by atoms with van der Waals surface area (Å²) in [6.45, 7) is 19.9. The molecule has 4 saturated heterocycles. The van der Waals surface area contributed by atoms with E-state index in [9.17, 15) is 29.7 Å². The molecule has 7 rings (SSSR count). The SMILES string of the molecule is CCC(C(=O)[C@@H](C)[C@@H](O)C1(C)C[C@]12O[C@@H]([C@@H](CC)C(=O)O)CC[C@@H]2C)[C@H]1O[C@]2(C=CC(NC(=O)Nc3ccccc3)[C@]3(CC[C@@](C)([C@H]4CC[C@](O)(CC)[C@H](C)O4)O3)O2)[C@H](C)C[C@@H]1C. The fourth-order valence-corrected chi connectivity index (χ4v) is 12.6. The van der Waals surface area contributed by atoms with Crippen molar-refractivity contribution in [1.29, 1.82) is 0 Å². The first-order valence-electron chi connectivity index (χ1n) is 24.1. The van der Waals surface area contributed by atoms with E-state index in [1.807, 2.05) is 84.0 Å². The first kappa shape index (κ1) is 48.0. The highest BCUT2D eigenvalue weighted by molar-refractivity contribution is 5.89. The molecule has 3 spiro atoms. The number of hydrogen-bond donors (Lipinski definition) is 5. The molecule has 18 atom stereocenters. The summed E-state index contributed by atoms with van der Waals surface area (Å²) in [6, 6.07) is 8.08. The molecule has 0 bridgehead atoms. The molecule has 6 aliphatic rings. The minimum atomic E-state index is -1.36. The molecule has 1 saturated carbocycles. The van der Waals surface area contributed by atoms with Crippen LogP contribution < -0.4 is 10.6 Å². The first-order valence-corrected chi connectivity index (χ1v) is 24.1. The molecule has 1 aliphatic carbocycles. The van der Waals surface area contributed by atoms with Gasteiger partial charge in [-0.15, -0.1) is 0 Å². The number of nitrogens with one attached hydrogen (secondary N) is 2. The van der Waals surface area contributed by atoms with Crippen molar-refractivity contribution in [2.24, 2.45) is 40.9 Å². The Kier molecular flexibility index (Phi) is 13.5. The van der Waals surface area contributed by atoms with E-state index in [0.29, 0.717) is 69.9 Å². The van der Waals surface area contributed by atoms with Crippen LogP contribution in [-0.4, -0.2) is 98.0 Å². The van der Waals surface area contributed by atoms with Crippen LogP contribution >= 0.6 is 0 Å². The Morgan fingerprint density at radius 1 is 0.889 bits per heavy atom. The molecule has 352 valence electrons. The third-order valence-electron chi connectivity index (χ3n) is 17.1. The second-order valence-electron chi connectivity index (χ2n) is 20.9. The van der Waals surface area contributed by atoms with Crippen LogP contribution in [0.25, 0.3) is 0 Å². The molecule has 13 nitrogen and oxygen atoms in total. The van der Waals surface area contributed by atoms with Crippen molar-refractivity contribution in [2.75, 3.05) is 5.32 Å². The summed E-state index contributed by atoms with van der Waals surface area (Å²) in [6.07, 6.45) is 7.43. The Bertz CT molecular complexity index is 1870. The summed E-state index contributed by atoms with van der Waals surface area (Å²) < 4.78 is 34.9. The summed E-state index contributed by atoms with van der Waals surface area (Å²) in [5, 5.41) is 39.4. The summed E-state index contributed by atoms with van der Waals surface area (Å²) in [5.41, 5.74) is -2.51. The predicted octanol–water partition coefficient (Wildman–Crippen LogP) is 8.16. The lowest BCUT2D eigenvalue weighted by atomic mass is 9.72. The van der Waals surface area contributed by atoms with Gasteiger partial charge in [0, 0.05) is 35.3 Å². The van der Waals surface area contributed by atoms with Gasteiger partial charge in [0.2, 0.25) is 0 Å². The Morgan fingerprint density at radius 2 is 1.59 bits per heavy atom. The number of carbonyl (C=O) groups is 3. The number of ketones is 1. The minimum Gasteiger partial charge on any atom is -0.481 e. The van der Waals surface area contributed by atoms with E-state index >= 15 is 0 Å². The van der Waals surface area contributed by atoms with E-state index in [4.69, 9.17) is 23.7 Å². The lowest BCUT2D eigenvalue weighted by Gasteiger charge is -2.55. The molecule has 5 aliphatic heterocycles. The Labute approximate surface area is 374 Å². The van der Waals surface area contributed by atoms with Crippen LogP contribution in [-0.2, 0) is 33.3 Å². The monoisotopic (exact) mass is 881 g/mol. The molecule has 1 aromatic rings. The van der Waals surface area contributed by atoms with Crippen molar-refractivity contribution in [1.82, 2.24) is 5.32 Å². The largest absolute Gasteiger partial charge is 0.481 e. The van der Waals surface area contributed by atoms with Crippen molar-refractivity contribution in [2.45, 2.75) is 205 Å². The van der Waals surface area contributed by atoms with Gasteiger partial charge < -0.3 is 49.6 Å². The van der Waals surface area contributed by atoms with Gasteiger partial charge in [-0.05, 0) is 108 Å². The normalized spacial score (nSPS) is 44.2. The summed E-state index contributed by atoms with van der Waals surface area (Å²) in [7, 11) is 0. The Morgan fingerprint density at radius 3 is 2.22 bits per heavy atom. The van der Waals surface area contributed by atoms with E-state index in [0.717, 1.165) is 6.42 Å². The van der Waals surface area contributed by atoms with Gasteiger partial charge in [0.25, 0.3) is 0 Å². The number of anilines is 1. The third kappa shape index (κ3) is 8.44. The maximum Gasteiger partial charge on any atom is 0.319 e. The van der Waals surface area contributed by atoms with Gasteiger partial charge in [-0.1, -0.05) is 79.7 Å². The maximum absolute atomic E-state index is 14.8. The number of carboxylic acid groups (broad SMARTS) is 1. The van der Waals surface area contributed by atoms with Crippen molar-refractivity contribution in [3.8, 4) is 0 Å². The highest BCUT2D eigenvalue weighted by Gasteiger charge is 2.74. The zero-order valence-electron chi connectivity index (χ0n) is 39.4. The van der Waals surface area contributed by atoms with Gasteiger partial charge in [0.05, 0.1) is 53.2 Å². The zero-order valence-corrected chi connectivity index (χ0v) is 39.4. The van der Waals surface area contributed by atoms with Crippen LogP contribution in [0, 0.1) is 40.9 Å². The molecule has 3 unspecified atom stereocenters. The summed E-state index contributed by atoms with van der Waals surface area (Å²) in [5.74, 6) is -5.63. The smallest absolute Gasteiger partial charge is 0.319 e. The molecule has 5 fully saturated rings. The number of ether oxygens (including phenoxy) is 5.